The summed E-state index contributed by atoms with van der Waals surface area (Å²) in [5.41, 5.74) is 0.729. The number of amides is 1. The lowest BCUT2D eigenvalue weighted by molar-refractivity contribution is -0.384. The molecular weight excluding hydrogens is 244 g/mol. The van der Waals surface area contributed by atoms with E-state index in [1.54, 1.807) is 12.1 Å². The fraction of sp³-hybridized carbons (Fsp3) is 0.357. The van der Waals surface area contributed by atoms with Crippen molar-refractivity contribution in [2.24, 2.45) is 0 Å². The summed E-state index contributed by atoms with van der Waals surface area (Å²) in [6, 6.07) is 5.65. The molecule has 0 aliphatic heterocycles. The van der Waals surface area contributed by atoms with Crippen molar-refractivity contribution in [2.45, 2.75) is 32.2 Å². The van der Waals surface area contributed by atoms with Gasteiger partial charge in [0.25, 0.3) is 5.69 Å². The molecular formula is C14H16N2O3. The van der Waals surface area contributed by atoms with Gasteiger partial charge in [0.15, 0.2) is 0 Å². The van der Waals surface area contributed by atoms with Gasteiger partial charge in [-0.25, -0.2) is 0 Å². The molecule has 1 rings (SSSR count). The average Bonchev–Trinajstić information content (AvgIpc) is 2.38. The van der Waals surface area contributed by atoms with Crippen LogP contribution in [-0.4, -0.2) is 16.9 Å². The Labute approximate surface area is 112 Å². The van der Waals surface area contributed by atoms with Crippen molar-refractivity contribution in [3.8, 4) is 12.3 Å². The van der Waals surface area contributed by atoms with E-state index in [1.165, 1.54) is 12.1 Å². The Hall–Kier alpha value is -2.35. The molecule has 5 heteroatoms. The molecule has 1 aromatic rings. The van der Waals surface area contributed by atoms with Crippen LogP contribution in [0, 0.1) is 22.5 Å². The molecule has 1 atom stereocenters. The number of nitrogens with zero attached hydrogens (tertiary/aromatic N) is 1. The smallest absolute Gasteiger partial charge is 0.269 e. The van der Waals surface area contributed by atoms with E-state index in [0.29, 0.717) is 0 Å². The van der Waals surface area contributed by atoms with Crippen molar-refractivity contribution in [3.63, 3.8) is 0 Å². The second-order valence-electron chi connectivity index (χ2n) is 4.18. The summed E-state index contributed by atoms with van der Waals surface area (Å²) in [7, 11) is 0. The van der Waals surface area contributed by atoms with Crippen LogP contribution >= 0.6 is 0 Å². The minimum atomic E-state index is -0.473. The van der Waals surface area contributed by atoms with Crippen LogP contribution < -0.4 is 5.32 Å². The Morgan fingerprint density at radius 1 is 1.47 bits per heavy atom. The predicted molar refractivity (Wildman–Crippen MR) is 72.5 cm³/mol. The summed E-state index contributed by atoms with van der Waals surface area (Å²) >= 11 is 0. The topological polar surface area (TPSA) is 72.2 Å². The molecule has 0 fully saturated rings. The van der Waals surface area contributed by atoms with Crippen molar-refractivity contribution in [1.29, 1.82) is 0 Å². The summed E-state index contributed by atoms with van der Waals surface area (Å²) in [5.74, 6) is 2.35. The Morgan fingerprint density at radius 3 is 2.58 bits per heavy atom. The number of benzene rings is 1. The molecule has 1 amide bonds. The van der Waals surface area contributed by atoms with Crippen molar-refractivity contribution in [3.05, 3.63) is 39.9 Å². The molecule has 0 heterocycles. The number of hydrogen-bond donors (Lipinski definition) is 1. The number of hydrogen-bond acceptors (Lipinski definition) is 3. The first-order chi connectivity index (χ1) is 9.06. The van der Waals surface area contributed by atoms with Gasteiger partial charge in [-0.1, -0.05) is 31.4 Å². The van der Waals surface area contributed by atoms with Crippen LogP contribution in [0.3, 0.4) is 0 Å². The van der Waals surface area contributed by atoms with Crippen molar-refractivity contribution in [1.82, 2.24) is 5.32 Å². The number of carbonyl (C=O) groups excluding carboxylic acids is 1. The number of carbonyl (C=O) groups is 1. The third-order valence-electron chi connectivity index (χ3n) is 2.63. The van der Waals surface area contributed by atoms with Gasteiger partial charge in [-0.3, -0.25) is 14.9 Å². The molecule has 0 spiro atoms. The molecule has 0 radical (unpaired) electrons. The maximum Gasteiger partial charge on any atom is 0.269 e. The fourth-order valence-electron chi connectivity index (χ4n) is 1.65. The molecule has 0 aliphatic rings. The average molecular weight is 260 g/mol. The quantitative estimate of drug-likeness (QED) is 0.483. The van der Waals surface area contributed by atoms with Crippen molar-refractivity contribution < 1.29 is 9.72 Å². The highest BCUT2D eigenvalue weighted by molar-refractivity contribution is 5.79. The largest absolute Gasteiger partial charge is 0.342 e. The van der Waals surface area contributed by atoms with Crippen LogP contribution in [0.2, 0.25) is 0 Å². The molecule has 0 aromatic heterocycles. The molecule has 1 N–H and O–H groups in total. The normalized spacial score (nSPS) is 11.4. The summed E-state index contributed by atoms with van der Waals surface area (Å²) in [5, 5.41) is 13.2. The second kappa shape index (κ2) is 7.17. The zero-order chi connectivity index (χ0) is 14.3. The Morgan fingerprint density at radius 2 is 2.11 bits per heavy atom. The van der Waals surface area contributed by atoms with E-state index >= 15 is 0 Å². The molecule has 0 saturated heterocycles. The Bertz CT molecular complexity index is 488. The van der Waals surface area contributed by atoms with Crippen molar-refractivity contribution >= 4 is 11.6 Å². The van der Waals surface area contributed by atoms with E-state index in [9.17, 15) is 14.9 Å². The van der Waals surface area contributed by atoms with Gasteiger partial charge in [0, 0.05) is 12.1 Å². The van der Waals surface area contributed by atoms with Gasteiger partial charge in [0.05, 0.1) is 17.4 Å². The minimum Gasteiger partial charge on any atom is -0.342 e. The molecule has 0 aliphatic carbocycles. The van der Waals surface area contributed by atoms with Gasteiger partial charge in [-0.05, 0) is 12.0 Å². The van der Waals surface area contributed by atoms with E-state index in [1.807, 2.05) is 6.92 Å². The second-order valence-corrected chi connectivity index (χ2v) is 4.18. The van der Waals surface area contributed by atoms with Crippen LogP contribution in [0.4, 0.5) is 5.69 Å². The monoisotopic (exact) mass is 260 g/mol. The van der Waals surface area contributed by atoms with Gasteiger partial charge in [-0.2, -0.15) is 0 Å². The first-order valence-electron chi connectivity index (χ1n) is 6.05. The fourth-order valence-corrected chi connectivity index (χ4v) is 1.65. The number of terminal acetylenes is 1. The number of nitrogens with one attached hydrogen (secondary N) is 1. The molecule has 0 saturated carbocycles. The van der Waals surface area contributed by atoms with E-state index in [-0.39, 0.29) is 24.1 Å². The van der Waals surface area contributed by atoms with E-state index in [4.69, 9.17) is 6.42 Å². The zero-order valence-electron chi connectivity index (χ0n) is 10.8. The first kappa shape index (κ1) is 14.7. The first-order valence-corrected chi connectivity index (χ1v) is 6.05. The van der Waals surface area contributed by atoms with Crippen LogP contribution in [0.5, 0.6) is 0 Å². The Balaban J connectivity index is 2.57. The van der Waals surface area contributed by atoms with Gasteiger partial charge in [0.1, 0.15) is 0 Å². The number of nitro groups is 1. The molecule has 1 unspecified atom stereocenters. The highest BCUT2D eigenvalue weighted by Crippen LogP contribution is 2.12. The summed E-state index contributed by atoms with van der Waals surface area (Å²) in [4.78, 5) is 21.8. The number of non-ortho nitro benzene ring substituents is 1. The predicted octanol–water partition coefficient (Wildman–Crippen LogP) is 2.06. The lowest BCUT2D eigenvalue weighted by atomic mass is 10.1. The van der Waals surface area contributed by atoms with Crippen LogP contribution in [0.25, 0.3) is 0 Å². The highest BCUT2D eigenvalue weighted by atomic mass is 16.6. The lowest BCUT2D eigenvalue weighted by Gasteiger charge is -2.11. The van der Waals surface area contributed by atoms with E-state index in [0.717, 1.165) is 18.4 Å². The molecule has 0 bridgehead atoms. The third kappa shape index (κ3) is 4.80. The number of rotatable bonds is 6. The highest BCUT2D eigenvalue weighted by Gasteiger charge is 2.10. The third-order valence-corrected chi connectivity index (χ3v) is 2.63. The van der Waals surface area contributed by atoms with Crippen molar-refractivity contribution in [2.75, 3.05) is 0 Å². The number of nitro benzene ring substituents is 1. The minimum absolute atomic E-state index is 0.0108. The van der Waals surface area contributed by atoms with Gasteiger partial charge >= 0.3 is 0 Å². The standard InChI is InChI=1S/C14H16N2O3/c1-3-5-12(4-2)15-14(17)10-11-6-8-13(9-7-11)16(18)19/h2,6-9,12H,3,5,10H2,1H3,(H,15,17). The van der Waals surface area contributed by atoms with Gasteiger partial charge in [-0.15, -0.1) is 6.42 Å². The summed E-state index contributed by atoms with van der Waals surface area (Å²) < 4.78 is 0. The summed E-state index contributed by atoms with van der Waals surface area (Å²) in [6.45, 7) is 1.99. The lowest BCUT2D eigenvalue weighted by Crippen LogP contribution is -2.34. The maximum atomic E-state index is 11.7. The van der Waals surface area contributed by atoms with E-state index < -0.39 is 4.92 Å². The Kier molecular flexibility index (Phi) is 5.55. The SMILES string of the molecule is C#CC(CCC)NC(=O)Cc1ccc([N+](=O)[O-])cc1. The van der Waals surface area contributed by atoms with Crippen LogP contribution in [0.15, 0.2) is 24.3 Å². The summed E-state index contributed by atoms with van der Waals surface area (Å²) in [6.07, 6.45) is 7.11. The van der Waals surface area contributed by atoms with Gasteiger partial charge < -0.3 is 5.32 Å². The maximum absolute atomic E-state index is 11.7. The van der Waals surface area contributed by atoms with Crippen LogP contribution in [-0.2, 0) is 11.2 Å². The molecule has 100 valence electrons. The van der Waals surface area contributed by atoms with E-state index in [2.05, 4.69) is 11.2 Å². The molecule has 19 heavy (non-hydrogen) atoms. The van der Waals surface area contributed by atoms with Gasteiger partial charge in [0.2, 0.25) is 5.91 Å². The zero-order valence-corrected chi connectivity index (χ0v) is 10.8. The molecule has 5 nitrogen and oxygen atoms in total. The van der Waals surface area contributed by atoms with Crippen LogP contribution in [0.1, 0.15) is 25.3 Å². The molecule has 1 aromatic carbocycles.